The molecule has 9 heteroatoms. The monoisotopic (exact) mass is 472 g/mol. The van der Waals surface area contributed by atoms with Gasteiger partial charge in [0, 0.05) is 23.3 Å². The molecule has 1 N–H and O–H groups in total. The van der Waals surface area contributed by atoms with Crippen molar-refractivity contribution < 1.29 is 24.2 Å². The molecule has 0 aliphatic carbocycles. The normalized spacial score (nSPS) is 15.2. The Kier molecular flexibility index (Phi) is 6.62. The summed E-state index contributed by atoms with van der Waals surface area (Å²) in [4.78, 5) is 30.9. The molecule has 3 aromatic rings. The number of fused-ring (bicyclic) bond motifs is 1. The van der Waals surface area contributed by atoms with Crippen LogP contribution in [0.4, 0.5) is 4.79 Å². The lowest BCUT2D eigenvalue weighted by Gasteiger charge is -2.37. The van der Waals surface area contributed by atoms with Gasteiger partial charge >= 0.3 is 12.1 Å². The number of amides is 1. The zero-order chi connectivity index (χ0) is 22.7. The fourth-order valence-electron chi connectivity index (χ4n) is 3.79. The summed E-state index contributed by atoms with van der Waals surface area (Å²) in [5, 5.41) is 10.4. The molecule has 0 radical (unpaired) electrons. The van der Waals surface area contributed by atoms with Crippen LogP contribution in [0.3, 0.4) is 0 Å². The molecular formula is C23H21ClN2O5S. The summed E-state index contributed by atoms with van der Waals surface area (Å²) >= 11 is 7.76. The van der Waals surface area contributed by atoms with Gasteiger partial charge in [-0.2, -0.15) is 0 Å². The Balaban J connectivity index is 1.69. The van der Waals surface area contributed by atoms with Crippen molar-refractivity contribution in [2.75, 3.05) is 13.2 Å². The molecule has 0 unspecified atom stereocenters. The number of carboxylic acids is 1. The van der Waals surface area contributed by atoms with Crippen LogP contribution in [0.2, 0.25) is 5.02 Å². The van der Waals surface area contributed by atoms with Gasteiger partial charge in [0.1, 0.15) is 12.4 Å². The van der Waals surface area contributed by atoms with Crippen LogP contribution in [0.5, 0.6) is 5.75 Å². The van der Waals surface area contributed by atoms with E-state index >= 15 is 0 Å². The van der Waals surface area contributed by atoms with Gasteiger partial charge in [-0.25, -0.2) is 14.6 Å². The highest BCUT2D eigenvalue weighted by molar-refractivity contribution is 7.11. The van der Waals surface area contributed by atoms with E-state index in [1.807, 2.05) is 31.2 Å². The van der Waals surface area contributed by atoms with Crippen molar-refractivity contribution in [2.24, 2.45) is 0 Å². The molecule has 32 heavy (non-hydrogen) atoms. The minimum atomic E-state index is -1.09. The van der Waals surface area contributed by atoms with Crippen LogP contribution in [-0.2, 0) is 22.6 Å². The third-order valence-corrected chi connectivity index (χ3v) is 6.26. The van der Waals surface area contributed by atoms with Gasteiger partial charge in [-0.15, -0.1) is 11.3 Å². The van der Waals surface area contributed by atoms with Crippen molar-refractivity contribution in [3.63, 3.8) is 0 Å². The van der Waals surface area contributed by atoms with Crippen LogP contribution in [0.25, 0.3) is 0 Å². The van der Waals surface area contributed by atoms with Crippen LogP contribution in [0.1, 0.15) is 32.6 Å². The zero-order valence-electron chi connectivity index (χ0n) is 17.3. The summed E-state index contributed by atoms with van der Waals surface area (Å²) in [5.74, 6) is -0.736. The van der Waals surface area contributed by atoms with Gasteiger partial charge in [-0.1, -0.05) is 35.9 Å². The van der Waals surface area contributed by atoms with Gasteiger partial charge in [0.25, 0.3) is 0 Å². The van der Waals surface area contributed by atoms with E-state index in [1.54, 1.807) is 29.3 Å². The number of aliphatic carboxylic acids is 1. The van der Waals surface area contributed by atoms with Crippen LogP contribution in [0, 0.1) is 6.92 Å². The number of benzene rings is 2. The number of ether oxygens (including phenoxy) is 2. The molecule has 0 fully saturated rings. The molecule has 0 bridgehead atoms. The number of carbonyl (C=O) groups excluding carboxylic acids is 1. The number of aryl methyl sites for hydroxylation is 1. The maximum Gasteiger partial charge on any atom is 0.410 e. The third-order valence-electron chi connectivity index (χ3n) is 5.14. The molecule has 4 rings (SSSR count). The van der Waals surface area contributed by atoms with Crippen molar-refractivity contribution in [2.45, 2.75) is 26.0 Å². The second-order valence-electron chi connectivity index (χ2n) is 7.31. The minimum Gasteiger partial charge on any atom is -0.482 e. The predicted molar refractivity (Wildman–Crippen MR) is 120 cm³/mol. The van der Waals surface area contributed by atoms with E-state index in [4.69, 9.17) is 26.2 Å². The first kappa shape index (κ1) is 22.1. The number of hydrogen-bond donors (Lipinski definition) is 1. The van der Waals surface area contributed by atoms with Crippen LogP contribution < -0.4 is 4.74 Å². The molecule has 1 aromatic heterocycles. The van der Waals surface area contributed by atoms with Crippen LogP contribution in [-0.4, -0.2) is 40.2 Å². The quantitative estimate of drug-likeness (QED) is 0.551. The molecular weight excluding hydrogens is 452 g/mol. The minimum absolute atomic E-state index is 0.132. The fourth-order valence-corrected chi connectivity index (χ4v) is 4.68. The highest BCUT2D eigenvalue weighted by Crippen LogP contribution is 2.40. The van der Waals surface area contributed by atoms with Gasteiger partial charge in [-0.3, -0.25) is 4.90 Å². The van der Waals surface area contributed by atoms with E-state index in [2.05, 4.69) is 4.98 Å². The summed E-state index contributed by atoms with van der Waals surface area (Å²) in [6, 6.07) is 12.3. The molecule has 1 amide bonds. The molecule has 166 valence electrons. The Hall–Kier alpha value is -3.10. The SMILES string of the molecule is Cc1ncc(COC(=O)N2CCc3ccccc3[C@H]2c2cc(Cl)ccc2OCC(=O)O)s1. The maximum atomic E-state index is 13.2. The summed E-state index contributed by atoms with van der Waals surface area (Å²) in [5.41, 5.74) is 2.63. The van der Waals surface area contributed by atoms with E-state index < -0.39 is 24.7 Å². The smallest absolute Gasteiger partial charge is 0.410 e. The van der Waals surface area contributed by atoms with Gasteiger partial charge in [0.05, 0.1) is 15.9 Å². The Labute approximate surface area is 194 Å². The summed E-state index contributed by atoms with van der Waals surface area (Å²) in [6.45, 7) is 1.96. The number of rotatable bonds is 6. The lowest BCUT2D eigenvalue weighted by atomic mass is 9.88. The Morgan fingerprint density at radius 3 is 2.81 bits per heavy atom. The highest BCUT2D eigenvalue weighted by atomic mass is 35.5. The Morgan fingerprint density at radius 2 is 2.06 bits per heavy atom. The second-order valence-corrected chi connectivity index (χ2v) is 9.07. The summed E-state index contributed by atoms with van der Waals surface area (Å²) in [6.07, 6.45) is 1.90. The molecule has 2 aromatic carbocycles. The number of nitrogens with zero attached hydrogens (tertiary/aromatic N) is 2. The number of thiazole rings is 1. The maximum absolute atomic E-state index is 13.2. The number of carbonyl (C=O) groups is 2. The van der Waals surface area contributed by atoms with E-state index in [1.165, 1.54) is 11.3 Å². The number of aromatic nitrogens is 1. The highest BCUT2D eigenvalue weighted by Gasteiger charge is 2.35. The standard InChI is InChI=1S/C23H21ClN2O5S/c1-14-25-11-17(32-14)12-31-23(29)26-9-8-15-4-2-3-5-18(15)22(26)19-10-16(24)6-7-20(19)30-13-21(27)28/h2-7,10-11,22H,8-9,12-13H2,1H3,(H,27,28)/t22-/m0/s1. The van der Waals surface area contributed by atoms with E-state index in [0.717, 1.165) is 21.0 Å². The van der Waals surface area contributed by atoms with Crippen molar-refractivity contribution in [3.05, 3.63) is 80.3 Å². The van der Waals surface area contributed by atoms with Gasteiger partial charge in [-0.05, 0) is 42.7 Å². The Morgan fingerprint density at radius 1 is 1.25 bits per heavy atom. The summed E-state index contributed by atoms with van der Waals surface area (Å²) in [7, 11) is 0. The molecule has 2 heterocycles. The average molecular weight is 473 g/mol. The first-order chi connectivity index (χ1) is 15.4. The van der Waals surface area contributed by atoms with Gasteiger partial charge in [0.15, 0.2) is 6.61 Å². The first-order valence-electron chi connectivity index (χ1n) is 9.99. The lowest BCUT2D eigenvalue weighted by Crippen LogP contribution is -2.41. The molecule has 1 atom stereocenters. The molecule has 7 nitrogen and oxygen atoms in total. The van der Waals surface area contributed by atoms with Gasteiger partial charge < -0.3 is 14.6 Å². The van der Waals surface area contributed by atoms with Crippen LogP contribution >= 0.6 is 22.9 Å². The molecule has 0 saturated heterocycles. The van der Waals surface area contributed by atoms with E-state index in [-0.39, 0.29) is 6.61 Å². The number of hydrogen-bond acceptors (Lipinski definition) is 6. The Bertz CT molecular complexity index is 1150. The topological polar surface area (TPSA) is 89.0 Å². The lowest BCUT2D eigenvalue weighted by molar-refractivity contribution is -0.139. The van der Waals surface area contributed by atoms with Gasteiger partial charge in [0.2, 0.25) is 0 Å². The molecule has 1 aliphatic heterocycles. The van der Waals surface area contributed by atoms with Crippen molar-refractivity contribution in [3.8, 4) is 5.75 Å². The fraction of sp³-hybridized carbons (Fsp3) is 0.261. The van der Waals surface area contributed by atoms with E-state index in [9.17, 15) is 9.59 Å². The average Bonchev–Trinajstić information content (AvgIpc) is 3.20. The number of carboxylic acid groups (broad SMARTS) is 1. The van der Waals surface area contributed by atoms with E-state index in [0.29, 0.717) is 29.3 Å². The number of halogens is 1. The second kappa shape index (κ2) is 9.58. The molecule has 0 spiro atoms. The summed E-state index contributed by atoms with van der Waals surface area (Å²) < 4.78 is 11.1. The third kappa shape index (κ3) is 4.87. The van der Waals surface area contributed by atoms with Crippen molar-refractivity contribution >= 4 is 35.0 Å². The first-order valence-corrected chi connectivity index (χ1v) is 11.2. The molecule has 0 saturated carbocycles. The molecule has 1 aliphatic rings. The van der Waals surface area contributed by atoms with Crippen molar-refractivity contribution in [1.82, 2.24) is 9.88 Å². The largest absolute Gasteiger partial charge is 0.482 e. The van der Waals surface area contributed by atoms with Crippen LogP contribution in [0.15, 0.2) is 48.7 Å². The predicted octanol–water partition coefficient (Wildman–Crippen LogP) is 4.85. The zero-order valence-corrected chi connectivity index (χ0v) is 18.9. The van der Waals surface area contributed by atoms with Crippen molar-refractivity contribution in [1.29, 1.82) is 0 Å².